The lowest BCUT2D eigenvalue weighted by atomic mass is 9.81. The number of hydrogen-bond acceptors (Lipinski definition) is 6. The summed E-state index contributed by atoms with van der Waals surface area (Å²) in [5.41, 5.74) is 0.929. The van der Waals surface area contributed by atoms with E-state index in [0.29, 0.717) is 30.8 Å². The highest BCUT2D eigenvalue weighted by Crippen LogP contribution is 2.37. The van der Waals surface area contributed by atoms with E-state index in [9.17, 15) is 18.0 Å². The van der Waals surface area contributed by atoms with Crippen molar-refractivity contribution in [1.82, 2.24) is 15.1 Å². The van der Waals surface area contributed by atoms with Crippen LogP contribution in [-0.2, 0) is 14.3 Å². The maximum Gasteiger partial charge on any atom is 0.490 e. The molecule has 3 heterocycles. The van der Waals surface area contributed by atoms with Gasteiger partial charge in [0.25, 0.3) is 0 Å². The van der Waals surface area contributed by atoms with Crippen molar-refractivity contribution in [3.05, 3.63) is 17.8 Å². The second-order valence-corrected chi connectivity index (χ2v) is 7.45. The Bertz CT molecular complexity index is 712. The van der Waals surface area contributed by atoms with Gasteiger partial charge in [-0.3, -0.25) is 4.79 Å². The number of carboxylic acids is 1. The molecule has 8 nitrogen and oxygen atoms in total. The van der Waals surface area contributed by atoms with Gasteiger partial charge in [-0.1, -0.05) is 0 Å². The first-order valence-corrected chi connectivity index (χ1v) is 9.12. The molecule has 2 saturated heterocycles. The van der Waals surface area contributed by atoms with Gasteiger partial charge in [0.15, 0.2) is 5.82 Å². The van der Waals surface area contributed by atoms with E-state index in [0.717, 1.165) is 31.2 Å². The number of ether oxygens (including phenoxy) is 1. The standard InChI is InChI=1S/C16H24N4O2.C2HF3O2/c1-11-4-5-15(18-17-11)20-7-13-10-22-9-12(14(13)8-20)6-16(21)19(2)3;3-2(4,5)1(6)7/h4-5,12-14H,6-10H2,1-3H3;(H,6,7)/t12-,13-,14+;/m1./s1. The molecule has 0 bridgehead atoms. The van der Waals surface area contributed by atoms with Gasteiger partial charge in [-0.05, 0) is 30.9 Å². The number of carbonyl (C=O) groups excluding carboxylic acids is 1. The van der Waals surface area contributed by atoms with Crippen molar-refractivity contribution in [2.75, 3.05) is 45.3 Å². The zero-order valence-corrected chi connectivity index (χ0v) is 16.5. The fourth-order valence-electron chi connectivity index (χ4n) is 3.47. The quantitative estimate of drug-likeness (QED) is 0.797. The lowest BCUT2D eigenvalue weighted by Gasteiger charge is -2.32. The topological polar surface area (TPSA) is 95.9 Å². The smallest absolute Gasteiger partial charge is 0.475 e. The number of anilines is 1. The Kier molecular flexibility index (Phi) is 7.39. The minimum Gasteiger partial charge on any atom is -0.475 e. The molecule has 2 aliphatic rings. The average Bonchev–Trinajstić information content (AvgIpc) is 3.07. The van der Waals surface area contributed by atoms with Crippen molar-refractivity contribution in [2.45, 2.75) is 19.5 Å². The van der Waals surface area contributed by atoms with Crippen LogP contribution >= 0.6 is 0 Å². The fourth-order valence-corrected chi connectivity index (χ4v) is 3.47. The highest BCUT2D eigenvalue weighted by Gasteiger charge is 2.42. The van der Waals surface area contributed by atoms with Crippen LogP contribution in [0.1, 0.15) is 12.1 Å². The Hall–Kier alpha value is -2.43. The van der Waals surface area contributed by atoms with E-state index < -0.39 is 12.1 Å². The number of aryl methyl sites for hydroxylation is 1. The van der Waals surface area contributed by atoms with Crippen molar-refractivity contribution >= 4 is 17.7 Å². The van der Waals surface area contributed by atoms with Crippen LogP contribution in [0.5, 0.6) is 0 Å². The molecule has 1 N–H and O–H groups in total. The number of hydrogen-bond donors (Lipinski definition) is 1. The predicted molar refractivity (Wildman–Crippen MR) is 97.3 cm³/mol. The molecule has 0 unspecified atom stereocenters. The van der Waals surface area contributed by atoms with E-state index in [1.807, 2.05) is 33.2 Å². The summed E-state index contributed by atoms with van der Waals surface area (Å²) in [6, 6.07) is 4.02. The molecule has 0 aromatic carbocycles. The largest absolute Gasteiger partial charge is 0.490 e. The second-order valence-electron chi connectivity index (χ2n) is 7.45. The fraction of sp³-hybridized carbons (Fsp3) is 0.667. The van der Waals surface area contributed by atoms with Gasteiger partial charge < -0.3 is 19.6 Å². The van der Waals surface area contributed by atoms with E-state index in [1.54, 1.807) is 4.90 Å². The molecular formula is C18H25F3N4O4. The molecule has 29 heavy (non-hydrogen) atoms. The first-order valence-electron chi connectivity index (χ1n) is 9.12. The van der Waals surface area contributed by atoms with Crippen LogP contribution in [0.3, 0.4) is 0 Å². The summed E-state index contributed by atoms with van der Waals surface area (Å²) in [5.74, 6) is -0.359. The third-order valence-corrected chi connectivity index (χ3v) is 5.05. The van der Waals surface area contributed by atoms with E-state index >= 15 is 0 Å². The van der Waals surface area contributed by atoms with Gasteiger partial charge in [0, 0.05) is 39.5 Å². The summed E-state index contributed by atoms with van der Waals surface area (Å²) in [4.78, 5) is 24.9. The average molecular weight is 418 g/mol. The minimum absolute atomic E-state index is 0.183. The number of fused-ring (bicyclic) bond motifs is 1. The van der Waals surface area contributed by atoms with Crippen LogP contribution < -0.4 is 4.90 Å². The zero-order chi connectivity index (χ0) is 21.8. The van der Waals surface area contributed by atoms with Gasteiger partial charge >= 0.3 is 12.1 Å². The molecule has 0 saturated carbocycles. The molecule has 2 aliphatic heterocycles. The normalized spacial score (nSPS) is 23.7. The van der Waals surface area contributed by atoms with Gasteiger partial charge in [0.2, 0.25) is 5.91 Å². The highest BCUT2D eigenvalue weighted by atomic mass is 19.4. The van der Waals surface area contributed by atoms with Gasteiger partial charge in [0.05, 0.1) is 18.9 Å². The SMILES string of the molecule is Cc1ccc(N2C[C@@H]3COC[C@@H](CC(=O)N(C)C)[C@@H]3C2)nn1.O=C(O)C(F)(F)F. The molecule has 3 atom stereocenters. The van der Waals surface area contributed by atoms with Crippen LogP contribution in [0.15, 0.2) is 12.1 Å². The third kappa shape index (κ3) is 6.28. The zero-order valence-electron chi connectivity index (χ0n) is 16.5. The summed E-state index contributed by atoms with van der Waals surface area (Å²) in [5, 5.41) is 15.6. The number of aromatic nitrogens is 2. The Balaban J connectivity index is 0.000000370. The number of halogens is 3. The van der Waals surface area contributed by atoms with Crippen LogP contribution in [-0.4, -0.2) is 78.7 Å². The number of aliphatic carboxylic acids is 1. The van der Waals surface area contributed by atoms with Gasteiger partial charge in [-0.2, -0.15) is 18.3 Å². The van der Waals surface area contributed by atoms with Crippen molar-refractivity contribution in [3.63, 3.8) is 0 Å². The van der Waals surface area contributed by atoms with Gasteiger partial charge in [-0.25, -0.2) is 4.79 Å². The molecule has 2 fully saturated rings. The third-order valence-electron chi connectivity index (χ3n) is 5.05. The number of carboxylic acid groups (broad SMARTS) is 1. The number of alkyl halides is 3. The summed E-state index contributed by atoms with van der Waals surface area (Å²) in [6.45, 7) is 5.30. The molecule has 0 spiro atoms. The molecule has 1 aromatic rings. The lowest BCUT2D eigenvalue weighted by Crippen LogP contribution is -2.38. The molecule has 0 radical (unpaired) electrons. The summed E-state index contributed by atoms with van der Waals surface area (Å²) in [6.07, 6.45) is -4.51. The van der Waals surface area contributed by atoms with Crippen molar-refractivity contribution in [2.24, 2.45) is 17.8 Å². The molecule has 162 valence electrons. The predicted octanol–water partition coefficient (Wildman–Crippen LogP) is 1.60. The lowest BCUT2D eigenvalue weighted by molar-refractivity contribution is -0.192. The molecule has 1 aromatic heterocycles. The number of amides is 1. The number of nitrogens with zero attached hydrogens (tertiary/aromatic N) is 4. The van der Waals surface area contributed by atoms with Crippen LogP contribution in [0.2, 0.25) is 0 Å². The monoisotopic (exact) mass is 418 g/mol. The van der Waals surface area contributed by atoms with E-state index in [-0.39, 0.29) is 5.91 Å². The molecule has 1 amide bonds. The van der Waals surface area contributed by atoms with Crippen LogP contribution in [0.25, 0.3) is 0 Å². The number of carbonyl (C=O) groups is 2. The van der Waals surface area contributed by atoms with E-state index in [2.05, 4.69) is 15.1 Å². The van der Waals surface area contributed by atoms with Gasteiger partial charge in [0.1, 0.15) is 0 Å². The number of rotatable bonds is 3. The van der Waals surface area contributed by atoms with Gasteiger partial charge in [-0.15, -0.1) is 5.10 Å². The molecule has 3 rings (SSSR count). The van der Waals surface area contributed by atoms with E-state index in [1.165, 1.54) is 0 Å². The maximum atomic E-state index is 12.0. The molecular weight excluding hydrogens is 393 g/mol. The Morgan fingerprint density at radius 1 is 1.24 bits per heavy atom. The van der Waals surface area contributed by atoms with Crippen molar-refractivity contribution in [1.29, 1.82) is 0 Å². The summed E-state index contributed by atoms with van der Waals surface area (Å²) < 4.78 is 37.5. The Morgan fingerprint density at radius 2 is 1.90 bits per heavy atom. The van der Waals surface area contributed by atoms with E-state index in [4.69, 9.17) is 14.6 Å². The van der Waals surface area contributed by atoms with Crippen molar-refractivity contribution < 1.29 is 32.6 Å². The molecule has 0 aliphatic carbocycles. The van der Waals surface area contributed by atoms with Crippen LogP contribution in [0, 0.1) is 24.7 Å². The summed E-state index contributed by atoms with van der Waals surface area (Å²) in [7, 11) is 3.62. The first kappa shape index (κ1) is 22.9. The van der Waals surface area contributed by atoms with Crippen molar-refractivity contribution in [3.8, 4) is 0 Å². The first-order chi connectivity index (χ1) is 13.5. The second kappa shape index (κ2) is 9.38. The highest BCUT2D eigenvalue weighted by molar-refractivity contribution is 5.75. The minimum atomic E-state index is -5.08. The summed E-state index contributed by atoms with van der Waals surface area (Å²) >= 11 is 0. The Labute approximate surface area is 166 Å². The molecule has 11 heteroatoms. The Morgan fingerprint density at radius 3 is 2.41 bits per heavy atom. The maximum absolute atomic E-state index is 12.0. The van der Waals surface area contributed by atoms with Crippen LogP contribution in [0.4, 0.5) is 19.0 Å².